The van der Waals surface area contributed by atoms with Crippen LogP contribution in [0.5, 0.6) is 5.75 Å². The number of carbonyl (C=O) groups excluding carboxylic acids is 1. The zero-order chi connectivity index (χ0) is 17.2. The van der Waals surface area contributed by atoms with Crippen LogP contribution >= 0.6 is 23.4 Å². The molecule has 0 atom stereocenters. The van der Waals surface area contributed by atoms with Gasteiger partial charge in [0.1, 0.15) is 19.0 Å². The summed E-state index contributed by atoms with van der Waals surface area (Å²) in [5.41, 5.74) is 1.65. The molecule has 124 valence electrons. The first-order valence-corrected chi connectivity index (χ1v) is 8.81. The van der Waals surface area contributed by atoms with Crippen LogP contribution in [0.2, 0.25) is 5.02 Å². The molecule has 0 bridgehead atoms. The van der Waals surface area contributed by atoms with Crippen LogP contribution in [0.3, 0.4) is 0 Å². The second-order valence-corrected chi connectivity index (χ2v) is 6.25. The highest BCUT2D eigenvalue weighted by molar-refractivity contribution is 7.99. The van der Waals surface area contributed by atoms with E-state index in [-0.39, 0.29) is 24.9 Å². The number of ether oxygens (including phenoxy) is 2. The zero-order valence-corrected chi connectivity index (χ0v) is 14.5. The second-order valence-electron chi connectivity index (χ2n) is 4.83. The Kier molecular flexibility index (Phi) is 7.47. The molecule has 0 unspecified atom stereocenters. The molecule has 0 fully saturated rings. The first-order chi connectivity index (χ1) is 11.7. The van der Waals surface area contributed by atoms with Crippen molar-refractivity contribution in [1.29, 1.82) is 5.26 Å². The quantitative estimate of drug-likeness (QED) is 0.524. The van der Waals surface area contributed by atoms with E-state index < -0.39 is 0 Å². The number of nitriles is 1. The van der Waals surface area contributed by atoms with E-state index in [4.69, 9.17) is 26.3 Å². The van der Waals surface area contributed by atoms with Gasteiger partial charge in [-0.3, -0.25) is 4.79 Å². The molecule has 0 spiro atoms. The number of hydrogen-bond donors (Lipinski definition) is 0. The number of benzene rings is 2. The smallest absolute Gasteiger partial charge is 0.316 e. The van der Waals surface area contributed by atoms with Crippen LogP contribution in [0, 0.1) is 11.3 Å². The standard InChI is InChI=1S/C18H16ClNO3S/c19-16-3-1-2-15(10-16)12-24-13-18(21)23-9-8-22-17-6-4-14(11-20)5-7-17/h1-7,10H,8-9,12-13H2. The molecule has 0 aliphatic heterocycles. The summed E-state index contributed by atoms with van der Waals surface area (Å²) >= 11 is 7.38. The van der Waals surface area contributed by atoms with E-state index in [0.717, 1.165) is 5.56 Å². The normalized spacial score (nSPS) is 10.0. The van der Waals surface area contributed by atoms with Crippen LogP contribution in [-0.2, 0) is 15.3 Å². The number of nitrogens with zero attached hydrogens (tertiary/aromatic N) is 1. The van der Waals surface area contributed by atoms with Crippen molar-refractivity contribution in [2.24, 2.45) is 0 Å². The van der Waals surface area contributed by atoms with Crippen molar-refractivity contribution in [2.45, 2.75) is 5.75 Å². The molecule has 0 saturated carbocycles. The van der Waals surface area contributed by atoms with Crippen LogP contribution < -0.4 is 4.74 Å². The van der Waals surface area contributed by atoms with Crippen LogP contribution in [0.15, 0.2) is 48.5 Å². The van der Waals surface area contributed by atoms with E-state index >= 15 is 0 Å². The molecule has 6 heteroatoms. The van der Waals surface area contributed by atoms with Crippen LogP contribution in [0.25, 0.3) is 0 Å². The minimum Gasteiger partial charge on any atom is -0.490 e. The van der Waals surface area contributed by atoms with E-state index in [1.165, 1.54) is 11.8 Å². The number of halogens is 1. The molecule has 0 amide bonds. The predicted octanol–water partition coefficient (Wildman–Crippen LogP) is 4.07. The maximum absolute atomic E-state index is 11.6. The van der Waals surface area contributed by atoms with Gasteiger partial charge in [-0.1, -0.05) is 23.7 Å². The summed E-state index contributed by atoms with van der Waals surface area (Å²) in [6.07, 6.45) is 0. The Labute approximate surface area is 150 Å². The van der Waals surface area contributed by atoms with Crippen molar-refractivity contribution in [2.75, 3.05) is 19.0 Å². The molecule has 0 radical (unpaired) electrons. The van der Waals surface area contributed by atoms with Crippen molar-refractivity contribution in [3.05, 3.63) is 64.7 Å². The lowest BCUT2D eigenvalue weighted by atomic mass is 10.2. The second kappa shape index (κ2) is 9.86. The molecule has 2 aromatic carbocycles. The van der Waals surface area contributed by atoms with Gasteiger partial charge in [-0.15, -0.1) is 11.8 Å². The van der Waals surface area contributed by atoms with E-state index in [2.05, 4.69) is 0 Å². The summed E-state index contributed by atoms with van der Waals surface area (Å²) < 4.78 is 10.5. The van der Waals surface area contributed by atoms with Gasteiger partial charge in [0.15, 0.2) is 0 Å². The van der Waals surface area contributed by atoms with Crippen LogP contribution in [0.4, 0.5) is 0 Å². The third kappa shape index (κ3) is 6.53. The fourth-order valence-electron chi connectivity index (χ4n) is 1.86. The highest BCUT2D eigenvalue weighted by Gasteiger charge is 2.04. The van der Waals surface area contributed by atoms with Crippen molar-refractivity contribution in [3.63, 3.8) is 0 Å². The molecule has 0 N–H and O–H groups in total. The van der Waals surface area contributed by atoms with Gasteiger partial charge in [0, 0.05) is 10.8 Å². The fourth-order valence-corrected chi connectivity index (χ4v) is 2.84. The third-order valence-corrected chi connectivity index (χ3v) is 4.19. The SMILES string of the molecule is N#Cc1ccc(OCCOC(=O)CSCc2cccc(Cl)c2)cc1. The predicted molar refractivity (Wildman–Crippen MR) is 95.2 cm³/mol. The summed E-state index contributed by atoms with van der Waals surface area (Å²) in [6, 6.07) is 16.4. The third-order valence-electron chi connectivity index (χ3n) is 2.98. The van der Waals surface area contributed by atoms with E-state index in [0.29, 0.717) is 22.1 Å². The summed E-state index contributed by atoms with van der Waals surface area (Å²) in [6.45, 7) is 0.465. The Morgan fingerprint density at radius 2 is 1.96 bits per heavy atom. The highest BCUT2D eigenvalue weighted by Crippen LogP contribution is 2.16. The monoisotopic (exact) mass is 361 g/mol. The average molecular weight is 362 g/mol. The zero-order valence-electron chi connectivity index (χ0n) is 12.9. The Hall–Kier alpha value is -2.16. The average Bonchev–Trinajstić information content (AvgIpc) is 2.59. The topological polar surface area (TPSA) is 59.3 Å². The lowest BCUT2D eigenvalue weighted by molar-refractivity contribution is -0.141. The summed E-state index contributed by atoms with van der Waals surface area (Å²) in [5, 5.41) is 9.39. The Bertz CT molecular complexity index is 713. The Morgan fingerprint density at radius 3 is 2.67 bits per heavy atom. The lowest BCUT2D eigenvalue weighted by Crippen LogP contribution is -2.13. The molecule has 2 rings (SSSR count). The molecule has 0 aliphatic rings. The van der Waals surface area contributed by atoms with Crippen LogP contribution in [-0.4, -0.2) is 24.9 Å². The van der Waals surface area contributed by atoms with Gasteiger partial charge >= 0.3 is 5.97 Å². The van der Waals surface area contributed by atoms with Gasteiger partial charge in [-0.25, -0.2) is 0 Å². The number of esters is 1. The van der Waals surface area contributed by atoms with Gasteiger partial charge in [0.2, 0.25) is 0 Å². The van der Waals surface area contributed by atoms with E-state index in [1.54, 1.807) is 24.3 Å². The van der Waals surface area contributed by atoms with Crippen molar-refractivity contribution in [1.82, 2.24) is 0 Å². The number of hydrogen-bond acceptors (Lipinski definition) is 5. The molecule has 0 saturated heterocycles. The Morgan fingerprint density at radius 1 is 1.17 bits per heavy atom. The number of thioether (sulfide) groups is 1. The number of carbonyl (C=O) groups is 1. The molecule has 4 nitrogen and oxygen atoms in total. The summed E-state index contributed by atoms with van der Waals surface area (Å²) in [4.78, 5) is 11.6. The summed E-state index contributed by atoms with van der Waals surface area (Å²) in [5.74, 6) is 1.35. The molecule has 0 aliphatic carbocycles. The molecule has 2 aromatic rings. The molecule has 24 heavy (non-hydrogen) atoms. The summed E-state index contributed by atoms with van der Waals surface area (Å²) in [7, 11) is 0. The largest absolute Gasteiger partial charge is 0.490 e. The van der Waals surface area contributed by atoms with Gasteiger partial charge in [0.05, 0.1) is 17.4 Å². The van der Waals surface area contributed by atoms with Crippen molar-refractivity contribution in [3.8, 4) is 11.8 Å². The molecule has 0 aromatic heterocycles. The highest BCUT2D eigenvalue weighted by atomic mass is 35.5. The van der Waals surface area contributed by atoms with Gasteiger partial charge in [0.25, 0.3) is 0 Å². The molecular weight excluding hydrogens is 346 g/mol. The van der Waals surface area contributed by atoms with Crippen LogP contribution in [0.1, 0.15) is 11.1 Å². The maximum atomic E-state index is 11.6. The van der Waals surface area contributed by atoms with Gasteiger partial charge < -0.3 is 9.47 Å². The lowest BCUT2D eigenvalue weighted by Gasteiger charge is -2.07. The van der Waals surface area contributed by atoms with Crippen molar-refractivity contribution >= 4 is 29.3 Å². The first-order valence-electron chi connectivity index (χ1n) is 7.28. The van der Waals surface area contributed by atoms with Gasteiger partial charge in [-0.05, 0) is 42.0 Å². The van der Waals surface area contributed by atoms with Crippen molar-refractivity contribution < 1.29 is 14.3 Å². The Balaban J connectivity index is 1.58. The maximum Gasteiger partial charge on any atom is 0.316 e. The van der Waals surface area contributed by atoms with E-state index in [9.17, 15) is 4.79 Å². The fraction of sp³-hybridized carbons (Fsp3) is 0.222. The minimum atomic E-state index is -0.273. The van der Waals surface area contributed by atoms with Gasteiger partial charge in [-0.2, -0.15) is 5.26 Å². The number of rotatable bonds is 8. The molecular formula is C18H16ClNO3S. The minimum absolute atomic E-state index is 0.191. The molecule has 0 heterocycles. The first kappa shape index (κ1) is 18.2. The van der Waals surface area contributed by atoms with E-state index in [1.807, 2.05) is 30.3 Å².